The molecule has 1 amide bonds. The van der Waals surface area contributed by atoms with Gasteiger partial charge in [-0.2, -0.15) is 0 Å². The lowest BCUT2D eigenvalue weighted by atomic mass is 10.2. The molecule has 0 radical (unpaired) electrons. The molecule has 1 N–H and O–H groups in total. The number of para-hydroxylation sites is 3. The molecular weight excluding hydrogens is 344 g/mol. The van der Waals surface area contributed by atoms with Gasteiger partial charge in [-0.25, -0.2) is 4.98 Å². The van der Waals surface area contributed by atoms with Crippen LogP contribution in [0.5, 0.6) is 5.75 Å². The lowest BCUT2D eigenvalue weighted by Crippen LogP contribution is -2.12. The van der Waals surface area contributed by atoms with Crippen molar-refractivity contribution in [3.63, 3.8) is 0 Å². The van der Waals surface area contributed by atoms with Gasteiger partial charge in [0.1, 0.15) is 5.75 Å². The molecule has 136 valence electrons. The minimum absolute atomic E-state index is 0.0295. The zero-order valence-corrected chi connectivity index (χ0v) is 15.8. The van der Waals surface area contributed by atoms with Gasteiger partial charge < -0.3 is 10.1 Å². The first-order valence-electron chi connectivity index (χ1n) is 9.12. The highest BCUT2D eigenvalue weighted by atomic mass is 32.1. The Hall–Kier alpha value is -2.40. The number of nitrogens with zero attached hydrogens (tertiary/aromatic N) is 1. The molecule has 3 rings (SSSR count). The monoisotopic (exact) mass is 368 g/mol. The number of carbonyl (C=O) groups is 1. The van der Waals surface area contributed by atoms with Crippen molar-refractivity contribution in [2.24, 2.45) is 0 Å². The fraction of sp³-hybridized carbons (Fsp3) is 0.333. The standard InChI is InChI=1S/C21H24N2O2S/c1-2-15-25-18-11-5-3-9-16(18)22-20(24)13-7-8-14-21-23-17-10-4-6-12-19(17)26-21/h3-6,9-12H,2,7-8,13-15H2,1H3,(H,22,24). The van der Waals surface area contributed by atoms with E-state index in [0.717, 1.165) is 47.6 Å². The summed E-state index contributed by atoms with van der Waals surface area (Å²) in [5.41, 5.74) is 1.81. The van der Waals surface area contributed by atoms with Gasteiger partial charge in [0.15, 0.2) is 0 Å². The molecule has 0 aliphatic heterocycles. The molecular formula is C21H24N2O2S. The number of rotatable bonds is 9. The molecule has 0 spiro atoms. The highest BCUT2D eigenvalue weighted by molar-refractivity contribution is 7.18. The Morgan fingerprint density at radius 2 is 1.92 bits per heavy atom. The van der Waals surface area contributed by atoms with Crippen LogP contribution >= 0.6 is 11.3 Å². The molecule has 0 aliphatic rings. The number of aromatic nitrogens is 1. The molecule has 0 bridgehead atoms. The van der Waals surface area contributed by atoms with Gasteiger partial charge in [-0.3, -0.25) is 4.79 Å². The second-order valence-corrected chi connectivity index (χ2v) is 7.29. The number of aryl methyl sites for hydroxylation is 1. The van der Waals surface area contributed by atoms with Crippen molar-refractivity contribution in [1.82, 2.24) is 4.98 Å². The minimum atomic E-state index is 0.0295. The molecule has 0 aliphatic carbocycles. The summed E-state index contributed by atoms with van der Waals surface area (Å²) >= 11 is 1.74. The number of fused-ring (bicyclic) bond motifs is 1. The number of carbonyl (C=O) groups excluding carboxylic acids is 1. The highest BCUT2D eigenvalue weighted by Gasteiger charge is 2.08. The van der Waals surface area contributed by atoms with E-state index in [1.54, 1.807) is 11.3 Å². The third-order valence-electron chi connectivity index (χ3n) is 4.01. The Balaban J connectivity index is 1.44. The van der Waals surface area contributed by atoms with Gasteiger partial charge in [0.2, 0.25) is 5.91 Å². The van der Waals surface area contributed by atoms with Crippen molar-refractivity contribution in [2.45, 2.75) is 39.0 Å². The average Bonchev–Trinajstić information content (AvgIpc) is 3.07. The van der Waals surface area contributed by atoms with Crippen molar-refractivity contribution in [3.05, 3.63) is 53.5 Å². The van der Waals surface area contributed by atoms with E-state index >= 15 is 0 Å². The molecule has 0 fully saturated rings. The van der Waals surface area contributed by atoms with E-state index in [-0.39, 0.29) is 5.91 Å². The molecule has 0 unspecified atom stereocenters. The second kappa shape index (κ2) is 9.34. The van der Waals surface area contributed by atoms with Crippen molar-refractivity contribution < 1.29 is 9.53 Å². The Kier molecular flexibility index (Phi) is 6.61. The molecule has 26 heavy (non-hydrogen) atoms. The van der Waals surface area contributed by atoms with Gasteiger partial charge in [-0.05, 0) is 49.9 Å². The molecule has 1 heterocycles. The van der Waals surface area contributed by atoms with Gasteiger partial charge in [0.25, 0.3) is 0 Å². The second-order valence-electron chi connectivity index (χ2n) is 6.18. The molecule has 2 aromatic carbocycles. The summed E-state index contributed by atoms with van der Waals surface area (Å²) in [5.74, 6) is 0.763. The largest absolute Gasteiger partial charge is 0.491 e. The van der Waals surface area contributed by atoms with Crippen LogP contribution in [-0.2, 0) is 11.2 Å². The van der Waals surface area contributed by atoms with E-state index in [2.05, 4.69) is 23.3 Å². The van der Waals surface area contributed by atoms with Crippen LogP contribution in [0.15, 0.2) is 48.5 Å². The van der Waals surface area contributed by atoms with Crippen LogP contribution in [0.25, 0.3) is 10.2 Å². The van der Waals surface area contributed by atoms with Gasteiger partial charge >= 0.3 is 0 Å². The Morgan fingerprint density at radius 1 is 1.12 bits per heavy atom. The van der Waals surface area contributed by atoms with Crippen LogP contribution in [-0.4, -0.2) is 17.5 Å². The third-order valence-corrected chi connectivity index (χ3v) is 5.10. The summed E-state index contributed by atoms with van der Waals surface area (Å²) in [4.78, 5) is 16.8. The normalized spacial score (nSPS) is 10.8. The lowest BCUT2D eigenvalue weighted by molar-refractivity contribution is -0.116. The van der Waals surface area contributed by atoms with Gasteiger partial charge in [0.05, 0.1) is 27.5 Å². The quantitative estimate of drug-likeness (QED) is 0.512. The number of hydrogen-bond donors (Lipinski definition) is 1. The maximum atomic E-state index is 12.2. The summed E-state index contributed by atoms with van der Waals surface area (Å²) in [6.45, 7) is 2.71. The van der Waals surface area contributed by atoms with E-state index in [1.165, 1.54) is 4.70 Å². The van der Waals surface area contributed by atoms with Crippen LogP contribution in [0.4, 0.5) is 5.69 Å². The summed E-state index contributed by atoms with van der Waals surface area (Å²) in [7, 11) is 0. The molecule has 4 nitrogen and oxygen atoms in total. The number of hydrogen-bond acceptors (Lipinski definition) is 4. The highest BCUT2D eigenvalue weighted by Crippen LogP contribution is 2.25. The van der Waals surface area contributed by atoms with E-state index in [9.17, 15) is 4.79 Å². The number of benzene rings is 2. The smallest absolute Gasteiger partial charge is 0.224 e. The molecule has 0 saturated heterocycles. The Bertz CT molecular complexity index is 827. The van der Waals surface area contributed by atoms with Crippen LogP contribution in [0.3, 0.4) is 0 Å². The summed E-state index contributed by atoms with van der Waals surface area (Å²) in [6.07, 6.45) is 4.17. The molecule has 0 saturated carbocycles. The minimum Gasteiger partial charge on any atom is -0.491 e. The fourth-order valence-corrected chi connectivity index (χ4v) is 3.72. The van der Waals surface area contributed by atoms with Gasteiger partial charge in [-0.1, -0.05) is 31.2 Å². The summed E-state index contributed by atoms with van der Waals surface area (Å²) in [6, 6.07) is 15.8. The maximum Gasteiger partial charge on any atom is 0.224 e. The zero-order chi connectivity index (χ0) is 18.2. The van der Waals surface area contributed by atoms with Crippen molar-refractivity contribution in [2.75, 3.05) is 11.9 Å². The zero-order valence-electron chi connectivity index (χ0n) is 15.0. The lowest BCUT2D eigenvalue weighted by Gasteiger charge is -2.11. The van der Waals surface area contributed by atoms with Gasteiger partial charge in [-0.15, -0.1) is 11.3 Å². The first-order valence-corrected chi connectivity index (χ1v) is 9.94. The number of amides is 1. The number of anilines is 1. The number of thiazole rings is 1. The SMILES string of the molecule is CCCOc1ccccc1NC(=O)CCCCc1nc2ccccc2s1. The van der Waals surface area contributed by atoms with E-state index in [0.29, 0.717) is 13.0 Å². The molecule has 5 heteroatoms. The van der Waals surface area contributed by atoms with Gasteiger partial charge in [0, 0.05) is 6.42 Å². The topological polar surface area (TPSA) is 51.2 Å². The van der Waals surface area contributed by atoms with Crippen LogP contribution in [0.2, 0.25) is 0 Å². The van der Waals surface area contributed by atoms with Crippen molar-refractivity contribution in [3.8, 4) is 5.75 Å². The number of unbranched alkanes of at least 4 members (excludes halogenated alkanes) is 1. The third kappa shape index (κ3) is 5.05. The van der Waals surface area contributed by atoms with Crippen LogP contribution in [0.1, 0.15) is 37.6 Å². The fourth-order valence-electron chi connectivity index (χ4n) is 2.71. The average molecular weight is 369 g/mol. The first-order chi connectivity index (χ1) is 12.8. The Morgan fingerprint density at radius 3 is 2.77 bits per heavy atom. The molecule has 3 aromatic rings. The Labute approximate surface area is 158 Å². The summed E-state index contributed by atoms with van der Waals surface area (Å²) < 4.78 is 6.90. The molecule has 1 aromatic heterocycles. The number of nitrogens with one attached hydrogen (secondary N) is 1. The van der Waals surface area contributed by atoms with Crippen LogP contribution in [0, 0.1) is 0 Å². The maximum absolute atomic E-state index is 12.2. The van der Waals surface area contributed by atoms with Crippen molar-refractivity contribution >= 4 is 33.1 Å². The van der Waals surface area contributed by atoms with E-state index < -0.39 is 0 Å². The predicted octanol–water partition coefficient (Wildman–Crippen LogP) is 5.44. The summed E-state index contributed by atoms with van der Waals surface area (Å²) in [5, 5.41) is 4.11. The van der Waals surface area contributed by atoms with E-state index in [4.69, 9.17) is 4.74 Å². The van der Waals surface area contributed by atoms with Crippen molar-refractivity contribution in [1.29, 1.82) is 0 Å². The number of ether oxygens (including phenoxy) is 1. The molecule has 0 atom stereocenters. The van der Waals surface area contributed by atoms with Crippen LogP contribution < -0.4 is 10.1 Å². The van der Waals surface area contributed by atoms with E-state index in [1.807, 2.05) is 42.5 Å². The first kappa shape index (κ1) is 18.4. The predicted molar refractivity (Wildman–Crippen MR) is 108 cm³/mol.